The summed E-state index contributed by atoms with van der Waals surface area (Å²) in [5.41, 5.74) is 2.38. The zero-order valence-electron chi connectivity index (χ0n) is 10.8. The van der Waals surface area contributed by atoms with Crippen LogP contribution >= 0.6 is 11.3 Å². The number of ether oxygens (including phenoxy) is 1. The van der Waals surface area contributed by atoms with E-state index >= 15 is 0 Å². The van der Waals surface area contributed by atoms with Gasteiger partial charge in [0.25, 0.3) is 0 Å². The summed E-state index contributed by atoms with van der Waals surface area (Å²) in [5.74, 6) is 0. The number of aryl methyl sites for hydroxylation is 1. The minimum Gasteiger partial charge on any atom is -0.379 e. The molecule has 1 aromatic carbocycles. The van der Waals surface area contributed by atoms with Crippen molar-refractivity contribution in [3.05, 3.63) is 23.8 Å². The van der Waals surface area contributed by atoms with E-state index in [0.29, 0.717) is 0 Å². The highest BCUT2D eigenvalue weighted by atomic mass is 32.1. The molecule has 2 heterocycles. The van der Waals surface area contributed by atoms with Gasteiger partial charge in [0.15, 0.2) is 5.13 Å². The lowest BCUT2D eigenvalue weighted by atomic mass is 9.95. The molecule has 1 N–H and O–H groups in total. The van der Waals surface area contributed by atoms with Crippen LogP contribution in [0.4, 0.5) is 5.13 Å². The molecule has 1 aromatic heterocycles. The van der Waals surface area contributed by atoms with E-state index in [-0.39, 0.29) is 5.54 Å². The van der Waals surface area contributed by atoms with Gasteiger partial charge in [-0.05, 0) is 38.3 Å². The fraction of sp³-hybridized carbons (Fsp3) is 0.500. The van der Waals surface area contributed by atoms with Crippen molar-refractivity contribution in [3.8, 4) is 0 Å². The third kappa shape index (κ3) is 2.22. The van der Waals surface area contributed by atoms with Crippen LogP contribution in [0.25, 0.3) is 10.2 Å². The van der Waals surface area contributed by atoms with Gasteiger partial charge in [-0.1, -0.05) is 23.5 Å². The fourth-order valence-electron chi connectivity index (χ4n) is 2.43. The molecule has 1 aliphatic heterocycles. The molecule has 18 heavy (non-hydrogen) atoms. The van der Waals surface area contributed by atoms with Crippen LogP contribution in [0.2, 0.25) is 0 Å². The van der Waals surface area contributed by atoms with Crippen molar-refractivity contribution in [2.24, 2.45) is 0 Å². The number of fused-ring (bicyclic) bond motifs is 1. The highest BCUT2D eigenvalue weighted by molar-refractivity contribution is 7.22. The summed E-state index contributed by atoms with van der Waals surface area (Å²) in [4.78, 5) is 4.70. The van der Waals surface area contributed by atoms with Crippen LogP contribution in [0.5, 0.6) is 0 Å². The van der Waals surface area contributed by atoms with Gasteiger partial charge in [0.05, 0.1) is 22.4 Å². The first-order valence-electron chi connectivity index (χ1n) is 6.38. The smallest absolute Gasteiger partial charge is 0.184 e. The second-order valence-electron chi connectivity index (χ2n) is 5.28. The predicted molar refractivity (Wildman–Crippen MR) is 76.4 cm³/mol. The Morgan fingerprint density at radius 1 is 1.44 bits per heavy atom. The van der Waals surface area contributed by atoms with Crippen LogP contribution in [0, 0.1) is 6.92 Å². The van der Waals surface area contributed by atoms with Gasteiger partial charge in [0, 0.05) is 6.61 Å². The zero-order chi connectivity index (χ0) is 12.6. The Balaban J connectivity index is 1.88. The van der Waals surface area contributed by atoms with E-state index < -0.39 is 0 Å². The van der Waals surface area contributed by atoms with E-state index in [1.54, 1.807) is 11.3 Å². The minimum absolute atomic E-state index is 0.0278. The summed E-state index contributed by atoms with van der Waals surface area (Å²) in [6, 6.07) is 6.33. The van der Waals surface area contributed by atoms with Gasteiger partial charge in [-0.3, -0.25) is 0 Å². The van der Waals surface area contributed by atoms with E-state index in [0.717, 1.165) is 36.7 Å². The minimum atomic E-state index is 0.0278. The van der Waals surface area contributed by atoms with Gasteiger partial charge in [0.2, 0.25) is 0 Å². The Kier molecular flexibility index (Phi) is 2.99. The monoisotopic (exact) mass is 262 g/mol. The molecule has 1 saturated heterocycles. The van der Waals surface area contributed by atoms with Crippen LogP contribution in [-0.4, -0.2) is 23.7 Å². The van der Waals surface area contributed by atoms with E-state index in [2.05, 4.69) is 37.4 Å². The number of para-hydroxylation sites is 1. The number of nitrogens with one attached hydrogen (secondary N) is 1. The number of aromatic nitrogens is 1. The van der Waals surface area contributed by atoms with Gasteiger partial charge in [-0.25, -0.2) is 4.98 Å². The molecule has 1 aliphatic rings. The number of benzene rings is 1. The number of rotatable bonds is 2. The van der Waals surface area contributed by atoms with Crippen LogP contribution in [0.15, 0.2) is 18.2 Å². The third-order valence-electron chi connectivity index (χ3n) is 3.47. The molecule has 1 unspecified atom stereocenters. The Hall–Kier alpha value is -1.13. The maximum Gasteiger partial charge on any atom is 0.184 e. The first kappa shape index (κ1) is 11.9. The summed E-state index contributed by atoms with van der Waals surface area (Å²) in [7, 11) is 0. The molecule has 3 rings (SSSR count). The van der Waals surface area contributed by atoms with E-state index in [1.807, 2.05) is 0 Å². The van der Waals surface area contributed by atoms with Crippen molar-refractivity contribution in [2.75, 3.05) is 18.5 Å². The molecule has 0 amide bonds. The van der Waals surface area contributed by atoms with Gasteiger partial charge in [0.1, 0.15) is 0 Å². The highest BCUT2D eigenvalue weighted by Crippen LogP contribution is 2.31. The quantitative estimate of drug-likeness (QED) is 0.898. The topological polar surface area (TPSA) is 34.1 Å². The zero-order valence-corrected chi connectivity index (χ0v) is 11.6. The van der Waals surface area contributed by atoms with Gasteiger partial charge in [-0.15, -0.1) is 0 Å². The highest BCUT2D eigenvalue weighted by Gasteiger charge is 2.28. The largest absolute Gasteiger partial charge is 0.379 e. The van der Waals surface area contributed by atoms with Crippen LogP contribution in [-0.2, 0) is 4.74 Å². The molecule has 2 aromatic rings. The molecule has 96 valence electrons. The molecule has 1 atom stereocenters. The predicted octanol–water partition coefficient (Wildman–Crippen LogP) is 3.59. The Bertz CT molecular complexity index is 558. The Labute approximate surface area is 111 Å². The van der Waals surface area contributed by atoms with Crippen molar-refractivity contribution < 1.29 is 4.74 Å². The molecule has 0 bridgehead atoms. The van der Waals surface area contributed by atoms with E-state index in [9.17, 15) is 0 Å². The maximum absolute atomic E-state index is 5.57. The average molecular weight is 262 g/mol. The summed E-state index contributed by atoms with van der Waals surface area (Å²) in [5, 5.41) is 4.56. The van der Waals surface area contributed by atoms with Gasteiger partial charge in [-0.2, -0.15) is 0 Å². The SMILES string of the molecule is Cc1cccc2sc(NC3(C)CCCOC3)nc12. The Morgan fingerprint density at radius 3 is 3.06 bits per heavy atom. The number of nitrogens with zero attached hydrogens (tertiary/aromatic N) is 1. The normalized spacial score (nSPS) is 24.3. The van der Waals surface area contributed by atoms with Crippen molar-refractivity contribution in [1.29, 1.82) is 0 Å². The summed E-state index contributed by atoms with van der Waals surface area (Å²) >= 11 is 1.73. The Morgan fingerprint density at radius 2 is 2.33 bits per heavy atom. The molecular formula is C14H18N2OS. The first-order chi connectivity index (χ1) is 8.66. The molecular weight excluding hydrogens is 244 g/mol. The number of anilines is 1. The summed E-state index contributed by atoms with van der Waals surface area (Å²) < 4.78 is 6.82. The molecule has 0 spiro atoms. The molecule has 0 saturated carbocycles. The van der Waals surface area contributed by atoms with Crippen LogP contribution in [0.3, 0.4) is 0 Å². The number of hydrogen-bond donors (Lipinski definition) is 1. The standard InChI is InChI=1S/C14H18N2OS/c1-10-5-3-6-11-12(10)15-13(18-11)16-14(2)7-4-8-17-9-14/h3,5-6H,4,7-9H2,1-2H3,(H,15,16). The van der Waals surface area contributed by atoms with Crippen molar-refractivity contribution in [2.45, 2.75) is 32.2 Å². The third-order valence-corrected chi connectivity index (χ3v) is 4.40. The molecule has 1 fully saturated rings. The average Bonchev–Trinajstić information content (AvgIpc) is 2.73. The second kappa shape index (κ2) is 4.52. The molecule has 0 aliphatic carbocycles. The first-order valence-corrected chi connectivity index (χ1v) is 7.20. The van der Waals surface area contributed by atoms with Crippen molar-refractivity contribution >= 4 is 26.7 Å². The lowest BCUT2D eigenvalue weighted by molar-refractivity contribution is 0.0540. The lowest BCUT2D eigenvalue weighted by Gasteiger charge is -2.34. The molecule has 4 heteroatoms. The van der Waals surface area contributed by atoms with Gasteiger partial charge < -0.3 is 10.1 Å². The second-order valence-corrected chi connectivity index (χ2v) is 6.31. The van der Waals surface area contributed by atoms with E-state index in [4.69, 9.17) is 9.72 Å². The summed E-state index contributed by atoms with van der Waals surface area (Å²) in [6.07, 6.45) is 2.26. The summed E-state index contributed by atoms with van der Waals surface area (Å²) in [6.45, 7) is 5.97. The maximum atomic E-state index is 5.57. The molecule has 0 radical (unpaired) electrons. The number of hydrogen-bond acceptors (Lipinski definition) is 4. The molecule has 3 nitrogen and oxygen atoms in total. The lowest BCUT2D eigenvalue weighted by Crippen LogP contribution is -2.42. The van der Waals surface area contributed by atoms with Crippen molar-refractivity contribution in [1.82, 2.24) is 4.98 Å². The van der Waals surface area contributed by atoms with Gasteiger partial charge >= 0.3 is 0 Å². The van der Waals surface area contributed by atoms with Crippen molar-refractivity contribution in [3.63, 3.8) is 0 Å². The number of thiazole rings is 1. The van der Waals surface area contributed by atoms with Crippen LogP contribution < -0.4 is 5.32 Å². The fourth-order valence-corrected chi connectivity index (χ4v) is 3.52. The van der Waals surface area contributed by atoms with Crippen LogP contribution in [0.1, 0.15) is 25.3 Å². The van der Waals surface area contributed by atoms with E-state index in [1.165, 1.54) is 10.3 Å².